The number of rotatable bonds is 3. The summed E-state index contributed by atoms with van der Waals surface area (Å²) in [6, 6.07) is 3.99. The molecule has 2 rings (SSSR count). The number of nitrogens with one attached hydrogen (secondary N) is 1. The van der Waals surface area contributed by atoms with Crippen LogP contribution in [0.4, 0.5) is 5.82 Å². The van der Waals surface area contributed by atoms with Gasteiger partial charge in [-0.15, -0.1) is 0 Å². The molecule has 0 fully saturated rings. The Morgan fingerprint density at radius 3 is 2.82 bits per heavy atom. The van der Waals surface area contributed by atoms with Gasteiger partial charge in [-0.25, -0.2) is 4.98 Å². The summed E-state index contributed by atoms with van der Waals surface area (Å²) < 4.78 is 0. The summed E-state index contributed by atoms with van der Waals surface area (Å²) in [5.74, 6) is 0.870. The first kappa shape index (κ1) is 11.5. The zero-order valence-corrected chi connectivity index (χ0v) is 10.4. The monoisotopic (exact) mass is 228 g/mol. The molecule has 0 bridgehead atoms. The van der Waals surface area contributed by atoms with Crippen molar-refractivity contribution in [2.45, 2.75) is 20.3 Å². The lowest BCUT2D eigenvalue weighted by Gasteiger charge is -2.12. The largest absolute Gasteiger partial charge is 0.373 e. The number of pyridine rings is 1. The lowest BCUT2D eigenvalue weighted by molar-refractivity contribution is 0.935. The SMILES string of the molecule is CCc1c(-c2cccnc2NC)cnnc1C. The van der Waals surface area contributed by atoms with Gasteiger partial charge >= 0.3 is 0 Å². The molecule has 0 radical (unpaired) electrons. The Labute approximate surface area is 101 Å². The molecule has 17 heavy (non-hydrogen) atoms. The van der Waals surface area contributed by atoms with Crippen LogP contribution in [0.5, 0.6) is 0 Å². The van der Waals surface area contributed by atoms with Crippen LogP contribution in [0.25, 0.3) is 11.1 Å². The number of aromatic nitrogens is 3. The van der Waals surface area contributed by atoms with Crippen molar-refractivity contribution >= 4 is 5.82 Å². The van der Waals surface area contributed by atoms with Crippen LogP contribution >= 0.6 is 0 Å². The molecule has 2 aromatic heterocycles. The summed E-state index contributed by atoms with van der Waals surface area (Å²) in [7, 11) is 1.87. The molecule has 1 N–H and O–H groups in total. The lowest BCUT2D eigenvalue weighted by Crippen LogP contribution is -2.01. The fraction of sp³-hybridized carbons (Fsp3) is 0.308. The Kier molecular flexibility index (Phi) is 3.32. The molecule has 0 aliphatic rings. The molecule has 88 valence electrons. The summed E-state index contributed by atoms with van der Waals surface area (Å²) in [4.78, 5) is 4.32. The van der Waals surface area contributed by atoms with Crippen molar-refractivity contribution < 1.29 is 0 Å². The van der Waals surface area contributed by atoms with Gasteiger partial charge in [0.05, 0.1) is 11.9 Å². The lowest BCUT2D eigenvalue weighted by atomic mass is 10.00. The maximum atomic E-state index is 4.32. The van der Waals surface area contributed by atoms with Crippen molar-refractivity contribution in [2.75, 3.05) is 12.4 Å². The second-order valence-electron chi connectivity index (χ2n) is 3.83. The third-order valence-electron chi connectivity index (χ3n) is 2.84. The van der Waals surface area contributed by atoms with Gasteiger partial charge in [-0.1, -0.05) is 6.92 Å². The highest BCUT2D eigenvalue weighted by Gasteiger charge is 2.11. The smallest absolute Gasteiger partial charge is 0.133 e. The van der Waals surface area contributed by atoms with Crippen molar-refractivity contribution in [1.29, 1.82) is 0 Å². The molecule has 0 aromatic carbocycles. The molecule has 2 aromatic rings. The Morgan fingerprint density at radius 2 is 2.12 bits per heavy atom. The predicted molar refractivity (Wildman–Crippen MR) is 68.9 cm³/mol. The van der Waals surface area contributed by atoms with Gasteiger partial charge < -0.3 is 5.32 Å². The molecule has 0 aliphatic carbocycles. The van der Waals surface area contributed by atoms with Gasteiger partial charge in [-0.3, -0.25) is 0 Å². The standard InChI is InChI=1S/C13H16N4/c1-4-10-9(2)17-16-8-12(10)11-6-5-7-15-13(11)14-3/h5-8H,4H2,1-3H3,(H,14,15). The van der Waals surface area contributed by atoms with Gasteiger partial charge in [0, 0.05) is 24.4 Å². The molecule has 0 aliphatic heterocycles. The molecule has 0 atom stereocenters. The number of nitrogens with zero attached hydrogens (tertiary/aromatic N) is 3. The zero-order valence-electron chi connectivity index (χ0n) is 10.4. The maximum absolute atomic E-state index is 4.32. The fourth-order valence-corrected chi connectivity index (χ4v) is 2.01. The molecule has 4 heteroatoms. The van der Waals surface area contributed by atoms with E-state index in [-0.39, 0.29) is 0 Å². The van der Waals surface area contributed by atoms with E-state index in [4.69, 9.17) is 0 Å². The Bertz CT molecular complexity index is 523. The van der Waals surface area contributed by atoms with E-state index in [0.29, 0.717) is 0 Å². The number of anilines is 1. The average Bonchev–Trinajstić information content (AvgIpc) is 2.38. The minimum atomic E-state index is 0.870. The second kappa shape index (κ2) is 4.91. The fourth-order valence-electron chi connectivity index (χ4n) is 2.01. The Morgan fingerprint density at radius 1 is 1.29 bits per heavy atom. The van der Waals surface area contributed by atoms with Crippen molar-refractivity contribution in [3.05, 3.63) is 35.8 Å². The number of aryl methyl sites for hydroxylation is 1. The van der Waals surface area contributed by atoms with Crippen molar-refractivity contribution in [3.63, 3.8) is 0 Å². The van der Waals surface area contributed by atoms with E-state index in [1.807, 2.05) is 26.2 Å². The van der Waals surface area contributed by atoms with E-state index in [1.54, 1.807) is 6.20 Å². The minimum Gasteiger partial charge on any atom is -0.373 e. The van der Waals surface area contributed by atoms with Crippen molar-refractivity contribution in [2.24, 2.45) is 0 Å². The van der Waals surface area contributed by atoms with Crippen LogP contribution in [-0.4, -0.2) is 22.2 Å². The highest BCUT2D eigenvalue weighted by molar-refractivity contribution is 5.77. The van der Waals surface area contributed by atoms with Crippen LogP contribution < -0.4 is 5.32 Å². The molecule has 0 saturated carbocycles. The second-order valence-corrected chi connectivity index (χ2v) is 3.83. The average molecular weight is 228 g/mol. The van der Waals surface area contributed by atoms with Gasteiger partial charge in [0.25, 0.3) is 0 Å². The molecule has 4 nitrogen and oxygen atoms in total. The molecule has 0 spiro atoms. The van der Waals surface area contributed by atoms with Crippen LogP contribution in [0.3, 0.4) is 0 Å². The maximum Gasteiger partial charge on any atom is 0.133 e. The summed E-state index contributed by atoms with van der Waals surface area (Å²) in [6.07, 6.45) is 4.53. The molecular formula is C13H16N4. The van der Waals surface area contributed by atoms with E-state index >= 15 is 0 Å². The molecule has 2 heterocycles. The van der Waals surface area contributed by atoms with Gasteiger partial charge in [-0.2, -0.15) is 10.2 Å². The summed E-state index contributed by atoms with van der Waals surface area (Å²) in [5, 5.41) is 11.2. The quantitative estimate of drug-likeness (QED) is 0.876. The van der Waals surface area contributed by atoms with Gasteiger partial charge in [-0.05, 0) is 31.0 Å². The first-order valence-corrected chi connectivity index (χ1v) is 5.72. The van der Waals surface area contributed by atoms with E-state index < -0.39 is 0 Å². The Hall–Kier alpha value is -1.97. The predicted octanol–water partition coefficient (Wildman–Crippen LogP) is 2.45. The van der Waals surface area contributed by atoms with Crippen molar-refractivity contribution in [1.82, 2.24) is 15.2 Å². The summed E-state index contributed by atoms with van der Waals surface area (Å²) in [5.41, 5.74) is 4.39. The van der Waals surface area contributed by atoms with E-state index in [2.05, 4.69) is 33.5 Å². The first-order chi connectivity index (χ1) is 8.27. The third kappa shape index (κ3) is 2.11. The topological polar surface area (TPSA) is 50.7 Å². The van der Waals surface area contributed by atoms with Crippen LogP contribution in [0.15, 0.2) is 24.5 Å². The zero-order chi connectivity index (χ0) is 12.3. The third-order valence-corrected chi connectivity index (χ3v) is 2.84. The summed E-state index contributed by atoms with van der Waals surface area (Å²) >= 11 is 0. The van der Waals surface area contributed by atoms with Crippen LogP contribution in [-0.2, 0) is 6.42 Å². The van der Waals surface area contributed by atoms with E-state index in [1.165, 1.54) is 5.56 Å². The molecule has 0 amide bonds. The molecule has 0 saturated heterocycles. The minimum absolute atomic E-state index is 0.870. The highest BCUT2D eigenvalue weighted by atomic mass is 15.1. The first-order valence-electron chi connectivity index (χ1n) is 5.72. The van der Waals surface area contributed by atoms with E-state index in [0.717, 1.165) is 29.1 Å². The van der Waals surface area contributed by atoms with E-state index in [9.17, 15) is 0 Å². The molecular weight excluding hydrogens is 212 g/mol. The van der Waals surface area contributed by atoms with Crippen LogP contribution in [0.1, 0.15) is 18.2 Å². The number of hydrogen-bond donors (Lipinski definition) is 1. The van der Waals surface area contributed by atoms with Crippen LogP contribution in [0, 0.1) is 6.92 Å². The molecule has 0 unspecified atom stereocenters. The van der Waals surface area contributed by atoms with Gasteiger partial charge in [0.2, 0.25) is 0 Å². The van der Waals surface area contributed by atoms with Crippen LogP contribution in [0.2, 0.25) is 0 Å². The summed E-state index contributed by atoms with van der Waals surface area (Å²) in [6.45, 7) is 4.12. The van der Waals surface area contributed by atoms with Crippen molar-refractivity contribution in [3.8, 4) is 11.1 Å². The normalized spacial score (nSPS) is 10.3. The Balaban J connectivity index is 2.64. The number of hydrogen-bond acceptors (Lipinski definition) is 4. The van der Waals surface area contributed by atoms with Gasteiger partial charge in [0.15, 0.2) is 0 Å². The highest BCUT2D eigenvalue weighted by Crippen LogP contribution is 2.29. The van der Waals surface area contributed by atoms with Gasteiger partial charge in [0.1, 0.15) is 5.82 Å².